The molecule has 0 amide bonds. The lowest BCUT2D eigenvalue weighted by atomic mass is 10.1. The van der Waals surface area contributed by atoms with E-state index in [9.17, 15) is 4.79 Å². The van der Waals surface area contributed by atoms with E-state index in [1.54, 1.807) is 0 Å². The van der Waals surface area contributed by atoms with Gasteiger partial charge in [-0.15, -0.1) is 0 Å². The zero-order valence-corrected chi connectivity index (χ0v) is 14.9. The first kappa shape index (κ1) is 15.1. The van der Waals surface area contributed by atoms with E-state index in [0.717, 1.165) is 20.3 Å². The number of nitrogens with one attached hydrogen (secondary N) is 1. The van der Waals surface area contributed by atoms with Crippen LogP contribution in [0.5, 0.6) is 0 Å². The smallest absolute Gasteiger partial charge is 0.258 e. The maximum Gasteiger partial charge on any atom is 0.258 e. The third kappa shape index (κ3) is 2.99. The summed E-state index contributed by atoms with van der Waals surface area (Å²) in [6, 6.07) is 18.0. The largest absolute Gasteiger partial charge is 0.324 e. The van der Waals surface area contributed by atoms with Gasteiger partial charge in [-0.3, -0.25) is 4.79 Å². The molecule has 0 fully saturated rings. The van der Waals surface area contributed by atoms with Gasteiger partial charge in [0, 0.05) is 28.1 Å². The molecule has 0 unspecified atom stereocenters. The summed E-state index contributed by atoms with van der Waals surface area (Å²) < 4.78 is 3.09. The van der Waals surface area contributed by atoms with Crippen molar-refractivity contribution in [1.29, 1.82) is 0 Å². The fraction of sp³-hybridized carbons (Fsp3) is 0.0526. The summed E-state index contributed by atoms with van der Waals surface area (Å²) in [7, 11) is 0. The van der Waals surface area contributed by atoms with Crippen LogP contribution in [0.15, 0.2) is 71.8 Å². The predicted molar refractivity (Wildman–Crippen MR) is 104 cm³/mol. The molecular weight excluding hydrogens is 413 g/mol. The van der Waals surface area contributed by atoms with Crippen molar-refractivity contribution < 1.29 is 0 Å². The topological polar surface area (TPSA) is 50.7 Å². The number of benzene rings is 2. The van der Waals surface area contributed by atoms with Gasteiger partial charge in [0.25, 0.3) is 5.56 Å². The van der Waals surface area contributed by atoms with Crippen molar-refractivity contribution in [1.82, 2.24) is 14.5 Å². The van der Waals surface area contributed by atoms with Gasteiger partial charge in [0.2, 0.25) is 0 Å². The first-order valence-electron chi connectivity index (χ1n) is 7.60. The highest BCUT2D eigenvalue weighted by Gasteiger charge is 2.06. The Balaban J connectivity index is 1.64. The molecule has 4 nitrogen and oxygen atoms in total. The molecule has 0 aliphatic rings. The average Bonchev–Trinajstić information content (AvgIpc) is 3.11. The second-order valence-corrected chi connectivity index (χ2v) is 6.85. The van der Waals surface area contributed by atoms with Gasteiger partial charge >= 0.3 is 0 Å². The van der Waals surface area contributed by atoms with Crippen molar-refractivity contribution in [3.05, 3.63) is 92.3 Å². The van der Waals surface area contributed by atoms with Gasteiger partial charge in [-0.2, -0.15) is 0 Å². The van der Waals surface area contributed by atoms with Gasteiger partial charge in [-0.25, -0.2) is 4.98 Å². The van der Waals surface area contributed by atoms with E-state index in [-0.39, 0.29) is 5.56 Å². The molecule has 0 radical (unpaired) electrons. The van der Waals surface area contributed by atoms with Crippen molar-refractivity contribution in [3.63, 3.8) is 0 Å². The minimum Gasteiger partial charge on any atom is -0.324 e. The maximum atomic E-state index is 12.2. The van der Waals surface area contributed by atoms with E-state index >= 15 is 0 Å². The molecular formula is C19H14IN3O. The summed E-state index contributed by atoms with van der Waals surface area (Å²) in [6.07, 6.45) is 4.63. The fourth-order valence-electron chi connectivity index (χ4n) is 2.73. The minimum absolute atomic E-state index is 0.0857. The average molecular weight is 427 g/mol. The van der Waals surface area contributed by atoms with Crippen molar-refractivity contribution in [2.45, 2.75) is 6.42 Å². The highest BCUT2D eigenvalue weighted by atomic mass is 127. The normalized spacial score (nSPS) is 11.0. The summed E-state index contributed by atoms with van der Waals surface area (Å²) in [5, 5.41) is 0.633. The minimum atomic E-state index is -0.0857. The molecule has 0 bridgehead atoms. The molecule has 0 spiro atoms. The number of aromatic nitrogens is 3. The Bertz CT molecular complexity index is 1050. The quantitative estimate of drug-likeness (QED) is 0.505. The molecule has 118 valence electrons. The van der Waals surface area contributed by atoms with Crippen LogP contribution in [0.1, 0.15) is 11.4 Å². The van der Waals surface area contributed by atoms with E-state index in [4.69, 9.17) is 0 Å². The van der Waals surface area contributed by atoms with Gasteiger partial charge in [-0.05, 0) is 70.6 Å². The highest BCUT2D eigenvalue weighted by molar-refractivity contribution is 14.1. The first-order valence-corrected chi connectivity index (χ1v) is 8.68. The summed E-state index contributed by atoms with van der Waals surface area (Å²) in [6.45, 7) is 0. The summed E-state index contributed by atoms with van der Waals surface area (Å²) >= 11 is 2.20. The third-order valence-electron chi connectivity index (χ3n) is 3.93. The van der Waals surface area contributed by atoms with Crippen LogP contribution in [0, 0.1) is 3.57 Å². The van der Waals surface area contributed by atoms with Crippen LogP contribution < -0.4 is 5.56 Å². The number of hydrogen-bond acceptors (Lipinski definition) is 2. The van der Waals surface area contributed by atoms with E-state index in [1.807, 2.05) is 42.7 Å². The Morgan fingerprint density at radius 1 is 1.04 bits per heavy atom. The Morgan fingerprint density at radius 2 is 1.79 bits per heavy atom. The lowest BCUT2D eigenvalue weighted by Gasteiger charge is -2.06. The molecule has 0 aliphatic heterocycles. The third-order valence-corrected chi connectivity index (χ3v) is 4.60. The number of fused-ring (bicyclic) bond motifs is 1. The van der Waals surface area contributed by atoms with Gasteiger partial charge in [0.1, 0.15) is 5.82 Å². The van der Waals surface area contributed by atoms with Gasteiger partial charge < -0.3 is 9.55 Å². The number of H-pyrrole nitrogens is 1. The predicted octanol–water partition coefficient (Wildman–Crippen LogP) is 3.91. The van der Waals surface area contributed by atoms with Gasteiger partial charge in [0.15, 0.2) is 0 Å². The molecule has 2 aromatic heterocycles. The molecule has 1 N–H and O–H groups in total. The van der Waals surface area contributed by atoms with Crippen LogP contribution in [0.4, 0.5) is 0 Å². The molecule has 0 saturated carbocycles. The van der Waals surface area contributed by atoms with E-state index in [2.05, 4.69) is 61.4 Å². The van der Waals surface area contributed by atoms with E-state index in [0.29, 0.717) is 17.6 Å². The van der Waals surface area contributed by atoms with E-state index in [1.165, 1.54) is 0 Å². The number of aromatic amines is 1. The SMILES string of the molecule is O=c1[nH]c(Cc2ccc(-n3cccc3)cc2)nc2ccc(I)cc12. The van der Waals surface area contributed by atoms with Crippen LogP contribution in [-0.2, 0) is 6.42 Å². The molecule has 0 saturated heterocycles. The Hall–Kier alpha value is -2.41. The second kappa shape index (κ2) is 6.24. The standard InChI is InChI=1S/C19H14IN3O/c20-14-5-8-17-16(12-14)19(24)22-18(21-17)11-13-3-6-15(7-4-13)23-9-1-2-10-23/h1-10,12H,11H2,(H,21,22,24). The Labute approximate surface area is 152 Å². The molecule has 24 heavy (non-hydrogen) atoms. The van der Waals surface area contributed by atoms with Crippen LogP contribution in [-0.4, -0.2) is 14.5 Å². The maximum absolute atomic E-state index is 12.2. The molecule has 2 heterocycles. The van der Waals surface area contributed by atoms with Crippen LogP contribution >= 0.6 is 22.6 Å². The van der Waals surface area contributed by atoms with E-state index < -0.39 is 0 Å². The van der Waals surface area contributed by atoms with Crippen molar-refractivity contribution >= 4 is 33.5 Å². The van der Waals surface area contributed by atoms with Crippen molar-refractivity contribution in [2.75, 3.05) is 0 Å². The molecule has 5 heteroatoms. The van der Waals surface area contributed by atoms with Crippen LogP contribution in [0.25, 0.3) is 16.6 Å². The lowest BCUT2D eigenvalue weighted by molar-refractivity contribution is 0.970. The molecule has 4 rings (SSSR count). The number of halogens is 1. The molecule has 0 aliphatic carbocycles. The molecule has 4 aromatic rings. The number of rotatable bonds is 3. The number of hydrogen-bond donors (Lipinski definition) is 1. The number of nitrogens with zero attached hydrogens (tertiary/aromatic N) is 2. The van der Waals surface area contributed by atoms with Crippen molar-refractivity contribution in [2.24, 2.45) is 0 Å². The lowest BCUT2D eigenvalue weighted by Crippen LogP contribution is -2.12. The zero-order valence-electron chi connectivity index (χ0n) is 12.7. The first-order chi connectivity index (χ1) is 11.7. The van der Waals surface area contributed by atoms with Gasteiger partial charge in [0.05, 0.1) is 10.9 Å². The molecule has 0 atom stereocenters. The zero-order chi connectivity index (χ0) is 16.5. The van der Waals surface area contributed by atoms with Crippen LogP contribution in [0.3, 0.4) is 0 Å². The summed E-state index contributed by atoms with van der Waals surface area (Å²) in [5.74, 6) is 0.683. The molecule has 2 aromatic carbocycles. The Morgan fingerprint density at radius 3 is 2.54 bits per heavy atom. The highest BCUT2D eigenvalue weighted by Crippen LogP contribution is 2.15. The van der Waals surface area contributed by atoms with Crippen molar-refractivity contribution in [3.8, 4) is 5.69 Å². The summed E-state index contributed by atoms with van der Waals surface area (Å²) in [4.78, 5) is 19.7. The summed E-state index contributed by atoms with van der Waals surface area (Å²) in [5.41, 5.74) is 2.87. The monoisotopic (exact) mass is 427 g/mol. The van der Waals surface area contributed by atoms with Crippen LogP contribution in [0.2, 0.25) is 0 Å². The van der Waals surface area contributed by atoms with Gasteiger partial charge in [-0.1, -0.05) is 12.1 Å². The second-order valence-electron chi connectivity index (χ2n) is 5.61. The Kier molecular flexibility index (Phi) is 3.93. The fourth-order valence-corrected chi connectivity index (χ4v) is 3.22.